The molecule has 1 saturated carbocycles. The van der Waals surface area contributed by atoms with E-state index in [4.69, 9.17) is 4.74 Å². The number of pyridine rings is 1. The van der Waals surface area contributed by atoms with Crippen LogP contribution in [0, 0.1) is 17.6 Å². The number of anilines is 2. The Balaban J connectivity index is 1.17. The fraction of sp³-hybridized carbons (Fsp3) is 0.345. The maximum Gasteiger partial charge on any atom is 0.573 e. The molecule has 2 aromatic carbocycles. The zero-order valence-corrected chi connectivity index (χ0v) is 22.2. The summed E-state index contributed by atoms with van der Waals surface area (Å²) >= 11 is 0. The quantitative estimate of drug-likeness (QED) is 0.285. The van der Waals surface area contributed by atoms with Crippen molar-refractivity contribution in [3.63, 3.8) is 0 Å². The van der Waals surface area contributed by atoms with Crippen molar-refractivity contribution in [2.75, 3.05) is 23.7 Å². The zero-order chi connectivity index (χ0) is 29.8. The number of alkyl halides is 3. The number of halogens is 5. The predicted octanol–water partition coefficient (Wildman–Crippen LogP) is 5.37. The molecule has 42 heavy (non-hydrogen) atoms. The summed E-state index contributed by atoms with van der Waals surface area (Å²) in [7, 11) is 0. The van der Waals surface area contributed by atoms with Crippen LogP contribution in [0.4, 0.5) is 33.3 Å². The average molecular weight is 589 g/mol. The van der Waals surface area contributed by atoms with Gasteiger partial charge in [-0.3, -0.25) is 19.5 Å². The smallest absolute Gasteiger partial charge is 0.404 e. The van der Waals surface area contributed by atoms with Gasteiger partial charge in [0.1, 0.15) is 23.3 Å². The van der Waals surface area contributed by atoms with Gasteiger partial charge in [0.25, 0.3) is 5.91 Å². The molecule has 2 aliphatic heterocycles. The molecule has 3 fully saturated rings. The van der Waals surface area contributed by atoms with Gasteiger partial charge in [0.2, 0.25) is 5.91 Å². The summed E-state index contributed by atoms with van der Waals surface area (Å²) in [5.41, 5.74) is 0.235. The fourth-order valence-electron chi connectivity index (χ4n) is 5.70. The van der Waals surface area contributed by atoms with Crippen LogP contribution in [0.3, 0.4) is 0 Å². The molecule has 8 nitrogen and oxygen atoms in total. The summed E-state index contributed by atoms with van der Waals surface area (Å²) in [5, 5.41) is 5.05. The second-order valence-electron chi connectivity index (χ2n) is 10.7. The van der Waals surface area contributed by atoms with Crippen molar-refractivity contribution in [3.8, 4) is 17.0 Å². The fourth-order valence-corrected chi connectivity index (χ4v) is 5.70. The minimum atomic E-state index is -5.03. The normalized spacial score (nSPS) is 23.6. The van der Waals surface area contributed by atoms with Crippen LogP contribution in [0.5, 0.6) is 5.75 Å². The molecule has 3 aliphatic rings. The third kappa shape index (κ3) is 5.53. The molecule has 4 atom stereocenters. The Kier molecular flexibility index (Phi) is 6.89. The number of rotatable bonds is 7. The Labute approximate surface area is 236 Å². The Bertz CT molecular complexity index is 1530. The van der Waals surface area contributed by atoms with Crippen molar-refractivity contribution in [1.29, 1.82) is 0 Å². The lowest BCUT2D eigenvalue weighted by Crippen LogP contribution is -2.56. The third-order valence-corrected chi connectivity index (χ3v) is 8.11. The number of hydrogen-bond acceptors (Lipinski definition) is 6. The number of ether oxygens (including phenoxy) is 2. The summed E-state index contributed by atoms with van der Waals surface area (Å²) < 4.78 is 76.3. The summed E-state index contributed by atoms with van der Waals surface area (Å²) in [6, 6.07) is 8.34. The summed E-state index contributed by atoms with van der Waals surface area (Å²) in [4.78, 5) is 32.1. The Morgan fingerprint density at radius 3 is 2.45 bits per heavy atom. The van der Waals surface area contributed by atoms with E-state index >= 15 is 0 Å². The van der Waals surface area contributed by atoms with Crippen LogP contribution >= 0.6 is 0 Å². The number of epoxide rings is 1. The van der Waals surface area contributed by atoms with Crippen molar-refractivity contribution in [1.82, 2.24) is 9.88 Å². The molecular weight excluding hydrogens is 563 g/mol. The number of amides is 2. The van der Waals surface area contributed by atoms with Gasteiger partial charge in [0.15, 0.2) is 5.75 Å². The van der Waals surface area contributed by atoms with Gasteiger partial charge in [-0.15, -0.1) is 13.2 Å². The number of carbonyl (C=O) groups excluding carboxylic acids is 2. The van der Waals surface area contributed by atoms with Crippen LogP contribution in [-0.4, -0.2) is 58.9 Å². The molecule has 2 saturated heterocycles. The van der Waals surface area contributed by atoms with Crippen LogP contribution in [-0.2, 0) is 9.53 Å². The monoisotopic (exact) mass is 588 g/mol. The summed E-state index contributed by atoms with van der Waals surface area (Å²) in [6.07, 6.45) is -1.69. The molecule has 3 aromatic rings. The Morgan fingerprint density at radius 2 is 1.83 bits per heavy atom. The second kappa shape index (κ2) is 10.3. The molecule has 13 heteroatoms. The summed E-state index contributed by atoms with van der Waals surface area (Å²) in [6.45, 7) is 2.87. The number of hydrogen-bond donors (Lipinski definition) is 2. The summed E-state index contributed by atoms with van der Waals surface area (Å²) in [5.74, 6) is -3.14. The van der Waals surface area contributed by atoms with E-state index in [-0.39, 0.29) is 39.9 Å². The molecule has 2 amide bonds. The highest BCUT2D eigenvalue weighted by Gasteiger charge is 2.69. The molecule has 1 aromatic heterocycles. The molecule has 1 aliphatic carbocycles. The number of likely N-dealkylation sites (tertiary alicyclic amines) is 1. The van der Waals surface area contributed by atoms with Crippen LogP contribution in [0.15, 0.2) is 54.7 Å². The van der Waals surface area contributed by atoms with Gasteiger partial charge < -0.3 is 20.1 Å². The van der Waals surface area contributed by atoms with Crippen LogP contribution in [0.1, 0.15) is 30.1 Å². The molecule has 0 radical (unpaired) electrons. The maximum atomic E-state index is 13.5. The van der Waals surface area contributed by atoms with Crippen molar-refractivity contribution in [2.45, 2.75) is 43.9 Å². The van der Waals surface area contributed by atoms with Crippen molar-refractivity contribution in [3.05, 3.63) is 71.9 Å². The van der Waals surface area contributed by atoms with Gasteiger partial charge in [0.05, 0.1) is 29.3 Å². The first-order valence-corrected chi connectivity index (χ1v) is 13.3. The number of nitrogens with zero attached hydrogens (tertiary/aromatic N) is 2. The highest BCUT2D eigenvalue weighted by molar-refractivity contribution is 6.06. The van der Waals surface area contributed by atoms with Crippen molar-refractivity contribution < 1.29 is 41.0 Å². The lowest BCUT2D eigenvalue weighted by Gasteiger charge is -2.43. The first kappa shape index (κ1) is 28.0. The maximum absolute atomic E-state index is 13.5. The third-order valence-electron chi connectivity index (χ3n) is 8.11. The van der Waals surface area contributed by atoms with Crippen molar-refractivity contribution >= 4 is 23.2 Å². The van der Waals surface area contributed by atoms with Gasteiger partial charge in [-0.25, -0.2) is 8.78 Å². The lowest BCUT2D eigenvalue weighted by atomic mass is 9.68. The first-order chi connectivity index (χ1) is 19.9. The molecule has 6 rings (SSSR count). The zero-order valence-electron chi connectivity index (χ0n) is 22.2. The minimum absolute atomic E-state index is 0.0463. The van der Waals surface area contributed by atoms with Crippen molar-refractivity contribution in [2.24, 2.45) is 5.92 Å². The number of piperidine rings is 1. The molecule has 220 valence electrons. The van der Waals surface area contributed by atoms with Gasteiger partial charge >= 0.3 is 6.36 Å². The molecule has 4 unspecified atom stereocenters. The van der Waals surface area contributed by atoms with E-state index in [0.29, 0.717) is 19.0 Å². The Hall–Kier alpha value is -4.10. The number of carbonyl (C=O) groups is 2. The molecule has 3 heterocycles. The number of nitrogens with one attached hydrogen (secondary N) is 2. The van der Waals surface area contributed by atoms with Crippen LogP contribution in [0.25, 0.3) is 11.3 Å². The average Bonchev–Trinajstić information content (AvgIpc) is 3.67. The van der Waals surface area contributed by atoms with Gasteiger partial charge in [0, 0.05) is 36.2 Å². The minimum Gasteiger partial charge on any atom is -0.404 e. The van der Waals surface area contributed by atoms with Gasteiger partial charge in [-0.1, -0.05) is 0 Å². The largest absolute Gasteiger partial charge is 0.573 e. The highest BCUT2D eigenvalue weighted by Crippen LogP contribution is 2.59. The number of benzene rings is 2. The van der Waals surface area contributed by atoms with E-state index in [2.05, 4.69) is 20.4 Å². The molecule has 0 bridgehead atoms. The highest BCUT2D eigenvalue weighted by atomic mass is 19.4. The topological polar surface area (TPSA) is 96.1 Å². The second-order valence-corrected chi connectivity index (χ2v) is 10.7. The van der Waals surface area contributed by atoms with E-state index in [1.807, 2.05) is 4.90 Å². The SMILES string of the molecule is CC(C(=O)Nc1cc(C(=O)Nc2ccc(-c3cc(F)cc(F)c3)nc2)ccc1OC(F)(F)F)N1CC2CCC23OC3C1. The van der Waals surface area contributed by atoms with Gasteiger partial charge in [-0.2, -0.15) is 0 Å². The van der Waals surface area contributed by atoms with Crippen LogP contribution < -0.4 is 15.4 Å². The van der Waals surface area contributed by atoms with E-state index in [1.165, 1.54) is 18.3 Å². The lowest BCUT2D eigenvalue weighted by molar-refractivity contribution is -0.274. The van der Waals surface area contributed by atoms with E-state index in [0.717, 1.165) is 49.2 Å². The molecular formula is C29H25F5N4O4. The van der Waals surface area contributed by atoms with Gasteiger partial charge in [-0.05, 0) is 62.2 Å². The number of aromatic nitrogens is 1. The predicted molar refractivity (Wildman–Crippen MR) is 141 cm³/mol. The van der Waals surface area contributed by atoms with E-state index in [9.17, 15) is 31.5 Å². The van der Waals surface area contributed by atoms with E-state index in [1.54, 1.807) is 6.92 Å². The standard InChI is InChI=1S/C29H25F5N4O4/c1-15(38-13-18-6-7-28(18)25(14-38)42-28)26(39)37-23-10-16(2-5-24(23)41-29(32,33)34)27(40)36-21-3-4-22(35-12-21)17-8-19(30)11-20(31)9-17/h2-5,8-12,15,18,25H,6-7,13-14H2,1H3,(H,36,40)(H,37,39). The van der Waals surface area contributed by atoms with Crippen LogP contribution in [0.2, 0.25) is 0 Å². The first-order valence-electron chi connectivity index (χ1n) is 13.3. The molecule has 1 spiro atoms. The van der Waals surface area contributed by atoms with E-state index < -0.39 is 41.6 Å². The Morgan fingerprint density at radius 1 is 1.07 bits per heavy atom. The molecule has 2 N–H and O–H groups in total.